The highest BCUT2D eigenvalue weighted by molar-refractivity contribution is 6.75. The van der Waals surface area contributed by atoms with E-state index in [9.17, 15) is 4.79 Å². The van der Waals surface area contributed by atoms with Gasteiger partial charge in [0.05, 0.1) is 0 Å². The van der Waals surface area contributed by atoms with E-state index in [1.807, 2.05) is 20.8 Å². The molecule has 0 amide bonds. The summed E-state index contributed by atoms with van der Waals surface area (Å²) in [5.41, 5.74) is 1.81. The molecule has 0 N–H and O–H groups in total. The first kappa shape index (κ1) is 29.8. The van der Waals surface area contributed by atoms with Gasteiger partial charge in [0.2, 0.25) is 0 Å². The van der Waals surface area contributed by atoms with Crippen LogP contribution in [0, 0.1) is 17.8 Å². The zero-order valence-corrected chi connectivity index (χ0v) is 26.4. The van der Waals surface area contributed by atoms with Gasteiger partial charge in [0.25, 0.3) is 0 Å². The summed E-state index contributed by atoms with van der Waals surface area (Å²) in [5.74, 6) is 4.46. The highest BCUT2D eigenvalue weighted by atomic mass is 28.4. The first-order valence-corrected chi connectivity index (χ1v) is 18.6. The predicted molar refractivity (Wildman–Crippen MR) is 150 cm³/mol. The normalized spacial score (nSPS) is 18.5. The Hall–Kier alpha value is -1.40. The third kappa shape index (κ3) is 6.88. The van der Waals surface area contributed by atoms with Crippen LogP contribution >= 0.6 is 0 Å². The summed E-state index contributed by atoms with van der Waals surface area (Å²) in [6, 6.07) is 8.50. The standard InChI is InChI=1S/C29H48O4Si2/c1-26(2,3)31-25(30)20-16-18-23-21-22-17-14-15-19-24(22)29(23,32-34(10,11)27(4,5)6)33-35(12,13)28(7,8)9/h14-15,17,19,23H,18,21H2,1-13H3/t23-/m1/s1. The Kier molecular flexibility index (Phi) is 8.36. The topological polar surface area (TPSA) is 44.8 Å². The van der Waals surface area contributed by atoms with Crippen molar-refractivity contribution in [3.05, 3.63) is 35.4 Å². The van der Waals surface area contributed by atoms with E-state index in [0.717, 1.165) is 12.0 Å². The Morgan fingerprint density at radius 1 is 0.914 bits per heavy atom. The van der Waals surface area contributed by atoms with Crippen LogP contribution in [0.4, 0.5) is 0 Å². The molecule has 0 aromatic heterocycles. The lowest BCUT2D eigenvalue weighted by Gasteiger charge is -2.51. The second-order valence-electron chi connectivity index (χ2n) is 14.0. The largest absolute Gasteiger partial charge is 0.450 e. The Labute approximate surface area is 216 Å². The van der Waals surface area contributed by atoms with Gasteiger partial charge in [-0.15, -0.1) is 0 Å². The molecule has 0 saturated carbocycles. The van der Waals surface area contributed by atoms with E-state index in [4.69, 9.17) is 13.6 Å². The van der Waals surface area contributed by atoms with Gasteiger partial charge in [-0.2, -0.15) is 0 Å². The van der Waals surface area contributed by atoms with E-state index in [0.29, 0.717) is 6.42 Å². The molecule has 196 valence electrons. The molecule has 0 saturated heterocycles. The van der Waals surface area contributed by atoms with Crippen molar-refractivity contribution in [2.75, 3.05) is 0 Å². The zero-order valence-electron chi connectivity index (χ0n) is 24.4. The lowest BCUT2D eigenvalue weighted by molar-refractivity contribution is -0.173. The number of carbonyl (C=O) groups excluding carboxylic acids is 1. The SMILES string of the molecule is CC(C)(C)OC(=O)C#CC[C@@H]1Cc2ccccc2C1(O[Si](C)(C)C(C)(C)C)O[Si](C)(C)C(C)(C)C. The summed E-state index contributed by atoms with van der Waals surface area (Å²) in [6.07, 6.45) is 1.31. The minimum Gasteiger partial charge on any atom is -0.450 e. The van der Waals surface area contributed by atoms with E-state index >= 15 is 0 Å². The molecule has 0 unspecified atom stereocenters. The van der Waals surface area contributed by atoms with Crippen LogP contribution in [-0.2, 0) is 30.6 Å². The summed E-state index contributed by atoms with van der Waals surface area (Å²) >= 11 is 0. The van der Waals surface area contributed by atoms with Crippen molar-refractivity contribution in [3.63, 3.8) is 0 Å². The number of benzene rings is 1. The molecule has 0 heterocycles. The Morgan fingerprint density at radius 2 is 1.40 bits per heavy atom. The monoisotopic (exact) mass is 516 g/mol. The highest BCUT2D eigenvalue weighted by Crippen LogP contribution is 2.54. The molecule has 0 aliphatic heterocycles. The fourth-order valence-corrected chi connectivity index (χ4v) is 6.62. The molecular weight excluding hydrogens is 468 g/mol. The quantitative estimate of drug-likeness (QED) is 0.132. The van der Waals surface area contributed by atoms with Crippen molar-refractivity contribution in [3.8, 4) is 11.8 Å². The van der Waals surface area contributed by atoms with Gasteiger partial charge in [-0.3, -0.25) is 0 Å². The van der Waals surface area contributed by atoms with Crippen molar-refractivity contribution in [2.45, 2.75) is 123 Å². The van der Waals surface area contributed by atoms with Gasteiger partial charge in [0.15, 0.2) is 22.4 Å². The summed E-state index contributed by atoms with van der Waals surface area (Å²) in [5, 5.41) is 0.0299. The summed E-state index contributed by atoms with van der Waals surface area (Å²) in [4.78, 5) is 12.3. The lowest BCUT2D eigenvalue weighted by Crippen LogP contribution is -2.57. The predicted octanol–water partition coefficient (Wildman–Crippen LogP) is 7.79. The van der Waals surface area contributed by atoms with Crippen LogP contribution in [0.1, 0.15) is 79.9 Å². The van der Waals surface area contributed by atoms with E-state index in [-0.39, 0.29) is 16.0 Å². The maximum Gasteiger partial charge on any atom is 0.384 e. The Morgan fingerprint density at radius 3 is 1.86 bits per heavy atom. The third-order valence-corrected chi connectivity index (χ3v) is 16.6. The van der Waals surface area contributed by atoms with Crippen molar-refractivity contribution in [1.82, 2.24) is 0 Å². The molecule has 1 aliphatic carbocycles. The fraction of sp³-hybridized carbons (Fsp3) is 0.690. The summed E-state index contributed by atoms with van der Waals surface area (Å²) in [7, 11) is -4.49. The molecule has 1 aliphatic rings. The van der Waals surface area contributed by atoms with Crippen LogP contribution in [-0.4, -0.2) is 28.2 Å². The average molecular weight is 517 g/mol. The molecule has 1 aromatic rings. The zero-order chi connectivity index (χ0) is 27.1. The molecule has 6 heteroatoms. The van der Waals surface area contributed by atoms with Crippen molar-refractivity contribution < 1.29 is 18.4 Å². The first-order chi connectivity index (χ1) is 15.6. The number of esters is 1. The van der Waals surface area contributed by atoms with Crippen LogP contribution in [0.3, 0.4) is 0 Å². The molecule has 35 heavy (non-hydrogen) atoms. The molecule has 1 atom stereocenters. The van der Waals surface area contributed by atoms with Crippen LogP contribution in [0.2, 0.25) is 36.3 Å². The maximum absolute atomic E-state index is 12.3. The molecule has 0 fully saturated rings. The van der Waals surface area contributed by atoms with Crippen molar-refractivity contribution >= 4 is 22.6 Å². The van der Waals surface area contributed by atoms with Gasteiger partial charge in [0.1, 0.15) is 5.60 Å². The minimum absolute atomic E-state index is 0.0149. The highest BCUT2D eigenvalue weighted by Gasteiger charge is 2.57. The Bertz CT molecular complexity index is 951. The van der Waals surface area contributed by atoms with Crippen LogP contribution in [0.25, 0.3) is 0 Å². The van der Waals surface area contributed by atoms with E-state index in [2.05, 4.69) is 104 Å². The summed E-state index contributed by atoms with van der Waals surface area (Å²) < 4.78 is 20.1. The van der Waals surface area contributed by atoms with Gasteiger partial charge in [0, 0.05) is 23.8 Å². The molecular formula is C29H48O4Si2. The average Bonchev–Trinajstić information content (AvgIpc) is 2.90. The number of fused-ring (bicyclic) bond motifs is 1. The number of carbonyl (C=O) groups is 1. The smallest absolute Gasteiger partial charge is 0.384 e. The van der Waals surface area contributed by atoms with Crippen LogP contribution < -0.4 is 0 Å². The van der Waals surface area contributed by atoms with Crippen molar-refractivity contribution in [1.29, 1.82) is 0 Å². The summed E-state index contributed by atoms with van der Waals surface area (Å²) in [6.45, 7) is 28.3. The Balaban J connectivity index is 2.62. The first-order valence-electron chi connectivity index (χ1n) is 12.8. The third-order valence-electron chi connectivity index (χ3n) is 7.76. The van der Waals surface area contributed by atoms with Gasteiger partial charge < -0.3 is 13.6 Å². The number of rotatable bonds is 5. The van der Waals surface area contributed by atoms with Crippen LogP contribution in [0.5, 0.6) is 0 Å². The molecule has 0 radical (unpaired) electrons. The van der Waals surface area contributed by atoms with Gasteiger partial charge in [-0.1, -0.05) is 71.7 Å². The molecule has 1 aromatic carbocycles. The molecule has 4 nitrogen and oxygen atoms in total. The second kappa shape index (κ2) is 9.81. The molecule has 2 rings (SSSR count). The molecule has 0 spiro atoms. The minimum atomic E-state index is -2.25. The van der Waals surface area contributed by atoms with Crippen molar-refractivity contribution in [2.24, 2.45) is 5.92 Å². The van der Waals surface area contributed by atoms with Gasteiger partial charge in [-0.25, -0.2) is 4.79 Å². The fourth-order valence-electron chi connectivity index (χ4n) is 3.78. The van der Waals surface area contributed by atoms with E-state index in [1.165, 1.54) is 5.56 Å². The number of ether oxygens (including phenoxy) is 1. The van der Waals surface area contributed by atoms with Gasteiger partial charge >= 0.3 is 5.97 Å². The molecule has 0 bridgehead atoms. The maximum atomic E-state index is 12.3. The second-order valence-corrected chi connectivity index (χ2v) is 23.4. The lowest BCUT2D eigenvalue weighted by atomic mass is 9.96. The van der Waals surface area contributed by atoms with E-state index in [1.54, 1.807) is 0 Å². The number of hydrogen-bond acceptors (Lipinski definition) is 4. The van der Waals surface area contributed by atoms with Crippen LogP contribution in [0.15, 0.2) is 24.3 Å². The van der Waals surface area contributed by atoms with Gasteiger partial charge in [-0.05, 0) is 69.0 Å². The number of hydrogen-bond donors (Lipinski definition) is 0. The van der Waals surface area contributed by atoms with E-state index < -0.39 is 34.0 Å².